The summed E-state index contributed by atoms with van der Waals surface area (Å²) in [5.74, 6) is 1.71. The van der Waals surface area contributed by atoms with E-state index in [0.717, 1.165) is 29.7 Å². The van der Waals surface area contributed by atoms with Crippen LogP contribution in [-0.2, 0) is 22.6 Å². The minimum atomic E-state index is -0.778. The van der Waals surface area contributed by atoms with Crippen molar-refractivity contribution in [1.29, 1.82) is 0 Å². The molecule has 0 bridgehead atoms. The molecule has 0 saturated heterocycles. The number of rotatable bonds is 14. The molecular weight excluding hydrogens is 492 g/mol. The predicted molar refractivity (Wildman–Crippen MR) is 151 cm³/mol. The molecule has 2 amide bonds. The molecular formula is C32H38N2O5. The van der Waals surface area contributed by atoms with Crippen LogP contribution >= 0.6 is 0 Å². The maximum absolute atomic E-state index is 13.8. The molecule has 1 fully saturated rings. The molecule has 1 N–H and O–H groups in total. The third-order valence-corrected chi connectivity index (χ3v) is 6.73. The Labute approximate surface area is 231 Å². The Balaban J connectivity index is 1.61. The van der Waals surface area contributed by atoms with Crippen LogP contribution in [0.5, 0.6) is 17.2 Å². The summed E-state index contributed by atoms with van der Waals surface area (Å²) in [7, 11) is 1.63. The number of nitrogens with zero attached hydrogens (tertiary/aromatic N) is 1. The topological polar surface area (TPSA) is 77.1 Å². The van der Waals surface area contributed by atoms with E-state index in [0.29, 0.717) is 49.7 Å². The van der Waals surface area contributed by atoms with Crippen molar-refractivity contribution in [3.63, 3.8) is 0 Å². The summed E-state index contributed by atoms with van der Waals surface area (Å²) in [6, 6.07) is 22.3. The fourth-order valence-corrected chi connectivity index (χ4v) is 4.64. The van der Waals surface area contributed by atoms with Gasteiger partial charge in [-0.25, -0.2) is 0 Å². The van der Waals surface area contributed by atoms with E-state index in [1.807, 2.05) is 86.6 Å². The highest BCUT2D eigenvalue weighted by atomic mass is 16.5. The molecule has 1 unspecified atom stereocenters. The lowest BCUT2D eigenvalue weighted by Crippen LogP contribution is -2.45. The van der Waals surface area contributed by atoms with E-state index >= 15 is 0 Å². The Morgan fingerprint density at radius 1 is 0.897 bits per heavy atom. The van der Waals surface area contributed by atoms with E-state index in [1.165, 1.54) is 0 Å². The molecule has 39 heavy (non-hydrogen) atoms. The first kappa shape index (κ1) is 28.0. The molecule has 1 saturated carbocycles. The summed E-state index contributed by atoms with van der Waals surface area (Å²) in [5, 5.41) is 3.07. The van der Waals surface area contributed by atoms with Gasteiger partial charge in [0.2, 0.25) is 11.8 Å². The van der Waals surface area contributed by atoms with Gasteiger partial charge in [0.15, 0.2) is 11.5 Å². The molecule has 3 aromatic carbocycles. The van der Waals surface area contributed by atoms with E-state index in [4.69, 9.17) is 14.2 Å². The minimum Gasteiger partial charge on any atom is -0.497 e. The van der Waals surface area contributed by atoms with Crippen LogP contribution in [0.25, 0.3) is 0 Å². The molecule has 0 aromatic heterocycles. The normalized spacial score (nSPS) is 13.3. The van der Waals surface area contributed by atoms with Crippen molar-refractivity contribution in [3.05, 3.63) is 89.5 Å². The Kier molecular flexibility index (Phi) is 9.84. The van der Waals surface area contributed by atoms with Gasteiger partial charge in [0.05, 0.1) is 20.3 Å². The summed E-state index contributed by atoms with van der Waals surface area (Å²) in [6.07, 6.45) is 2.65. The van der Waals surface area contributed by atoms with Gasteiger partial charge in [-0.1, -0.05) is 48.5 Å². The van der Waals surface area contributed by atoms with Crippen LogP contribution in [0.4, 0.5) is 0 Å². The molecule has 4 rings (SSSR count). The van der Waals surface area contributed by atoms with Crippen LogP contribution < -0.4 is 19.5 Å². The van der Waals surface area contributed by atoms with Crippen LogP contribution in [0.1, 0.15) is 55.8 Å². The fraction of sp³-hybridized carbons (Fsp3) is 0.375. The minimum absolute atomic E-state index is 0.0305. The number of benzene rings is 3. The maximum atomic E-state index is 13.8. The first-order valence-electron chi connectivity index (χ1n) is 13.7. The second-order valence-corrected chi connectivity index (χ2v) is 9.56. The maximum Gasteiger partial charge on any atom is 0.247 e. The lowest BCUT2D eigenvalue weighted by molar-refractivity contribution is -0.141. The molecule has 0 heterocycles. The third-order valence-electron chi connectivity index (χ3n) is 6.73. The van der Waals surface area contributed by atoms with Crippen LogP contribution in [0, 0.1) is 0 Å². The van der Waals surface area contributed by atoms with E-state index < -0.39 is 6.04 Å². The number of carbonyl (C=O) groups excluding carboxylic acids is 2. The first-order valence-corrected chi connectivity index (χ1v) is 13.7. The molecule has 7 heteroatoms. The van der Waals surface area contributed by atoms with Crippen molar-refractivity contribution in [3.8, 4) is 17.2 Å². The molecule has 0 radical (unpaired) electrons. The van der Waals surface area contributed by atoms with E-state index in [2.05, 4.69) is 5.32 Å². The van der Waals surface area contributed by atoms with E-state index in [-0.39, 0.29) is 17.9 Å². The fourth-order valence-electron chi connectivity index (χ4n) is 4.64. The number of aryl methyl sites for hydroxylation is 1. The van der Waals surface area contributed by atoms with Gasteiger partial charge < -0.3 is 24.4 Å². The molecule has 3 aromatic rings. The number of hydrogen-bond donors (Lipinski definition) is 1. The van der Waals surface area contributed by atoms with Gasteiger partial charge in [-0.3, -0.25) is 9.59 Å². The Bertz CT molecular complexity index is 1230. The molecule has 1 aliphatic carbocycles. The zero-order chi connectivity index (χ0) is 27.6. The van der Waals surface area contributed by atoms with Crippen LogP contribution in [0.15, 0.2) is 72.8 Å². The monoisotopic (exact) mass is 530 g/mol. The van der Waals surface area contributed by atoms with Crippen molar-refractivity contribution in [2.24, 2.45) is 0 Å². The summed E-state index contributed by atoms with van der Waals surface area (Å²) < 4.78 is 16.9. The molecule has 206 valence electrons. The highest BCUT2D eigenvalue weighted by molar-refractivity contribution is 5.89. The number of nitrogens with one attached hydrogen (secondary N) is 1. The van der Waals surface area contributed by atoms with Gasteiger partial charge in [-0.15, -0.1) is 0 Å². The summed E-state index contributed by atoms with van der Waals surface area (Å²) in [6.45, 7) is 5.16. The molecule has 0 spiro atoms. The molecule has 1 atom stereocenters. The van der Waals surface area contributed by atoms with Crippen molar-refractivity contribution < 1.29 is 23.8 Å². The summed E-state index contributed by atoms with van der Waals surface area (Å²) in [4.78, 5) is 29.4. The largest absolute Gasteiger partial charge is 0.497 e. The number of hydrogen-bond acceptors (Lipinski definition) is 5. The molecule has 0 aliphatic heterocycles. The highest BCUT2D eigenvalue weighted by Gasteiger charge is 2.41. The quantitative estimate of drug-likeness (QED) is 0.299. The van der Waals surface area contributed by atoms with Gasteiger partial charge in [-0.2, -0.15) is 0 Å². The number of carbonyl (C=O) groups is 2. The SMILES string of the molecule is CCOc1ccc(C(C(=O)NCc2ccccc2)N(C(=O)CCc2ccc(OC)cc2)C2CC2)cc1OCC. The van der Waals surface area contributed by atoms with E-state index in [9.17, 15) is 9.59 Å². The Hall–Kier alpha value is -4.00. The zero-order valence-electron chi connectivity index (χ0n) is 23.0. The standard InChI is InChI=1S/C32H38N2O5/c1-4-38-28-19-14-25(21-29(28)39-5-2)31(32(36)33-22-24-9-7-6-8-10-24)34(26-15-16-26)30(35)20-13-23-11-17-27(37-3)18-12-23/h6-12,14,17-19,21,26,31H,4-5,13,15-16,20,22H2,1-3H3,(H,33,36). The van der Waals surface area contributed by atoms with Gasteiger partial charge in [-0.05, 0) is 74.1 Å². The van der Waals surface area contributed by atoms with Gasteiger partial charge in [0.1, 0.15) is 11.8 Å². The number of methoxy groups -OCH3 is 1. The van der Waals surface area contributed by atoms with Crippen molar-refractivity contribution >= 4 is 11.8 Å². The number of amides is 2. The van der Waals surface area contributed by atoms with Crippen molar-refractivity contribution in [2.75, 3.05) is 20.3 Å². The third kappa shape index (κ3) is 7.53. The van der Waals surface area contributed by atoms with E-state index in [1.54, 1.807) is 12.0 Å². The number of ether oxygens (including phenoxy) is 3. The smallest absolute Gasteiger partial charge is 0.247 e. The zero-order valence-corrected chi connectivity index (χ0v) is 23.0. The molecule has 1 aliphatic rings. The summed E-state index contributed by atoms with van der Waals surface area (Å²) in [5.41, 5.74) is 2.75. The van der Waals surface area contributed by atoms with Crippen LogP contribution in [0.3, 0.4) is 0 Å². The second-order valence-electron chi connectivity index (χ2n) is 9.56. The van der Waals surface area contributed by atoms with Crippen LogP contribution in [0.2, 0.25) is 0 Å². The van der Waals surface area contributed by atoms with Crippen molar-refractivity contribution in [1.82, 2.24) is 10.2 Å². The average molecular weight is 531 g/mol. The summed E-state index contributed by atoms with van der Waals surface area (Å²) >= 11 is 0. The lowest BCUT2D eigenvalue weighted by Gasteiger charge is -2.32. The van der Waals surface area contributed by atoms with Crippen LogP contribution in [-0.4, -0.2) is 43.1 Å². The lowest BCUT2D eigenvalue weighted by atomic mass is 10.0. The van der Waals surface area contributed by atoms with Gasteiger partial charge in [0.25, 0.3) is 0 Å². The van der Waals surface area contributed by atoms with Crippen molar-refractivity contribution in [2.45, 2.75) is 58.2 Å². The second kappa shape index (κ2) is 13.7. The predicted octanol–water partition coefficient (Wildman–Crippen LogP) is 5.47. The van der Waals surface area contributed by atoms with Gasteiger partial charge in [0, 0.05) is 19.0 Å². The average Bonchev–Trinajstić information content (AvgIpc) is 3.80. The molecule has 7 nitrogen and oxygen atoms in total. The van der Waals surface area contributed by atoms with Gasteiger partial charge >= 0.3 is 0 Å². The first-order chi connectivity index (χ1) is 19.0. The Morgan fingerprint density at radius 2 is 1.59 bits per heavy atom. The highest BCUT2D eigenvalue weighted by Crippen LogP contribution is 2.38. The Morgan fingerprint density at radius 3 is 2.23 bits per heavy atom.